The van der Waals surface area contributed by atoms with E-state index in [1.54, 1.807) is 5.01 Å². The Labute approximate surface area is 204 Å². The molecule has 1 fully saturated rings. The molecule has 35 heavy (non-hydrogen) atoms. The van der Waals surface area contributed by atoms with Crippen molar-refractivity contribution >= 4 is 29.0 Å². The first-order valence-corrected chi connectivity index (χ1v) is 11.7. The zero-order valence-electron chi connectivity index (χ0n) is 20.0. The number of para-hydroxylation sites is 1. The normalized spacial score (nSPS) is 14.1. The summed E-state index contributed by atoms with van der Waals surface area (Å²) in [7, 11) is 3.86. The lowest BCUT2D eigenvalue weighted by Gasteiger charge is -2.27. The van der Waals surface area contributed by atoms with Crippen LogP contribution < -0.4 is 14.6 Å². The number of fused-ring (bicyclic) bond motifs is 1. The molecular formula is C26H29N7O2. The van der Waals surface area contributed by atoms with E-state index < -0.39 is 0 Å². The molecule has 0 spiro atoms. The van der Waals surface area contributed by atoms with Gasteiger partial charge in [-0.05, 0) is 11.6 Å². The lowest BCUT2D eigenvalue weighted by atomic mass is 10.2. The van der Waals surface area contributed by atoms with Crippen LogP contribution in [0.1, 0.15) is 11.1 Å². The predicted octanol–water partition coefficient (Wildman–Crippen LogP) is 3.29. The molecule has 2 aromatic carbocycles. The predicted molar refractivity (Wildman–Crippen MR) is 137 cm³/mol. The zero-order chi connectivity index (χ0) is 24.0. The quantitative estimate of drug-likeness (QED) is 0.288. The number of rotatable bonds is 8. The van der Waals surface area contributed by atoms with E-state index in [0.717, 1.165) is 36.0 Å². The summed E-state index contributed by atoms with van der Waals surface area (Å²) in [6.07, 6.45) is 4.66. The summed E-state index contributed by atoms with van der Waals surface area (Å²) < 4.78 is 13.5. The molecule has 0 atom stereocenters. The lowest BCUT2D eigenvalue weighted by Crippen LogP contribution is -2.37. The molecule has 9 nitrogen and oxygen atoms in total. The van der Waals surface area contributed by atoms with Gasteiger partial charge in [-0.3, -0.25) is 0 Å². The third-order valence-corrected chi connectivity index (χ3v) is 5.94. The van der Waals surface area contributed by atoms with Crippen molar-refractivity contribution in [2.24, 2.45) is 12.1 Å². The Balaban J connectivity index is 1.37. The number of hydrazone groups is 1. The maximum Gasteiger partial charge on any atom is 0.323 e. The molecule has 0 amide bonds. The highest BCUT2D eigenvalue weighted by Gasteiger charge is 2.18. The maximum atomic E-state index is 5.95. The molecule has 3 heterocycles. The maximum absolute atomic E-state index is 5.95. The number of hydrogen-bond donors (Lipinski definition) is 0. The standard InChI is InChI=1S/C26H29N7O2/c1-31-19-21(22-10-6-7-11-23(22)31)18-27-32(2)24-28-25(33-13-16-34-17-14-33)30-26(29-24)35-15-12-20-8-4-3-5-9-20/h3-11,18-19H,12-17H2,1-2H3. The molecule has 1 aliphatic rings. The summed E-state index contributed by atoms with van der Waals surface area (Å²) in [5.74, 6) is 0.993. The molecule has 1 aliphatic heterocycles. The second kappa shape index (κ2) is 10.5. The van der Waals surface area contributed by atoms with Gasteiger partial charge in [0.15, 0.2) is 0 Å². The molecular weight excluding hydrogens is 442 g/mol. The first-order chi connectivity index (χ1) is 17.2. The van der Waals surface area contributed by atoms with Crippen LogP contribution in [0.3, 0.4) is 0 Å². The highest BCUT2D eigenvalue weighted by atomic mass is 16.5. The summed E-state index contributed by atoms with van der Waals surface area (Å²) in [6.45, 7) is 3.19. The molecule has 0 unspecified atom stereocenters. The van der Waals surface area contributed by atoms with Crippen molar-refractivity contribution in [2.45, 2.75) is 6.42 Å². The van der Waals surface area contributed by atoms with Crippen LogP contribution in [-0.2, 0) is 18.2 Å². The Hall–Kier alpha value is -3.98. The number of benzene rings is 2. The van der Waals surface area contributed by atoms with Gasteiger partial charge in [0, 0.05) is 56.3 Å². The number of ether oxygens (including phenoxy) is 2. The lowest BCUT2D eigenvalue weighted by molar-refractivity contribution is 0.122. The minimum absolute atomic E-state index is 0.291. The van der Waals surface area contributed by atoms with Gasteiger partial charge in [0.05, 0.1) is 26.0 Å². The number of morpholine rings is 1. The van der Waals surface area contributed by atoms with E-state index in [1.165, 1.54) is 5.56 Å². The van der Waals surface area contributed by atoms with E-state index in [-0.39, 0.29) is 0 Å². The number of hydrogen-bond acceptors (Lipinski definition) is 8. The molecule has 1 saturated heterocycles. The molecule has 4 aromatic rings. The first kappa shape index (κ1) is 22.8. The molecule has 0 bridgehead atoms. The largest absolute Gasteiger partial charge is 0.463 e. The van der Waals surface area contributed by atoms with Gasteiger partial charge in [-0.2, -0.15) is 20.1 Å². The summed E-state index contributed by atoms with van der Waals surface area (Å²) in [5.41, 5.74) is 3.38. The van der Waals surface area contributed by atoms with Gasteiger partial charge in [-0.25, -0.2) is 5.01 Å². The van der Waals surface area contributed by atoms with Gasteiger partial charge in [-0.15, -0.1) is 0 Å². The van der Waals surface area contributed by atoms with Gasteiger partial charge in [0.2, 0.25) is 5.95 Å². The van der Waals surface area contributed by atoms with Crippen LogP contribution in [-0.4, -0.2) is 65.7 Å². The molecule has 9 heteroatoms. The third-order valence-electron chi connectivity index (χ3n) is 5.94. The fraction of sp³-hybridized carbons (Fsp3) is 0.308. The van der Waals surface area contributed by atoms with E-state index >= 15 is 0 Å². The average molecular weight is 472 g/mol. The van der Waals surface area contributed by atoms with Crippen molar-refractivity contribution in [3.63, 3.8) is 0 Å². The monoisotopic (exact) mass is 471 g/mol. The van der Waals surface area contributed by atoms with Crippen molar-refractivity contribution in [3.05, 3.63) is 71.9 Å². The third kappa shape index (κ3) is 5.41. The molecule has 0 saturated carbocycles. The SMILES string of the molecule is CN(N=Cc1cn(C)c2ccccc12)c1nc(OCCc2ccccc2)nc(N2CCOCC2)n1. The first-order valence-electron chi connectivity index (χ1n) is 11.7. The van der Waals surface area contributed by atoms with Gasteiger partial charge in [0.25, 0.3) is 5.95 Å². The minimum atomic E-state index is 0.291. The topological polar surface area (TPSA) is 80.9 Å². The van der Waals surface area contributed by atoms with E-state index in [4.69, 9.17) is 9.47 Å². The van der Waals surface area contributed by atoms with Crippen molar-refractivity contribution in [3.8, 4) is 6.01 Å². The van der Waals surface area contributed by atoms with E-state index in [1.807, 2.05) is 50.6 Å². The van der Waals surface area contributed by atoms with E-state index in [0.29, 0.717) is 37.7 Å². The highest BCUT2D eigenvalue weighted by Crippen LogP contribution is 2.21. The second-order valence-corrected chi connectivity index (χ2v) is 8.38. The summed E-state index contributed by atoms with van der Waals surface area (Å²) in [5, 5.41) is 7.42. The Bertz CT molecular complexity index is 1300. The van der Waals surface area contributed by atoms with Crippen molar-refractivity contribution in [2.75, 3.05) is 49.9 Å². The molecule has 0 radical (unpaired) electrons. The highest BCUT2D eigenvalue weighted by molar-refractivity contribution is 5.99. The molecule has 180 valence electrons. The van der Waals surface area contributed by atoms with E-state index in [2.05, 4.69) is 60.0 Å². The summed E-state index contributed by atoms with van der Waals surface area (Å²) >= 11 is 0. The molecule has 5 rings (SSSR count). The summed E-state index contributed by atoms with van der Waals surface area (Å²) in [6, 6.07) is 18.8. The number of aromatic nitrogens is 4. The Kier molecular flexibility index (Phi) is 6.85. The van der Waals surface area contributed by atoms with Crippen LogP contribution in [0.15, 0.2) is 65.9 Å². The number of aryl methyl sites for hydroxylation is 1. The van der Waals surface area contributed by atoms with Crippen LogP contribution in [0.4, 0.5) is 11.9 Å². The minimum Gasteiger partial charge on any atom is -0.463 e. The fourth-order valence-corrected chi connectivity index (χ4v) is 4.03. The van der Waals surface area contributed by atoms with Crippen LogP contribution in [0.5, 0.6) is 6.01 Å². The smallest absolute Gasteiger partial charge is 0.323 e. The van der Waals surface area contributed by atoms with Gasteiger partial charge in [0.1, 0.15) is 0 Å². The Morgan fingerprint density at radius 2 is 1.80 bits per heavy atom. The van der Waals surface area contributed by atoms with Crippen molar-refractivity contribution in [1.29, 1.82) is 0 Å². The van der Waals surface area contributed by atoms with Crippen LogP contribution in [0.25, 0.3) is 10.9 Å². The fourth-order valence-electron chi connectivity index (χ4n) is 4.03. The van der Waals surface area contributed by atoms with Gasteiger partial charge < -0.3 is 18.9 Å². The zero-order valence-corrected chi connectivity index (χ0v) is 20.0. The van der Waals surface area contributed by atoms with Gasteiger partial charge in [-0.1, -0.05) is 48.5 Å². The van der Waals surface area contributed by atoms with Gasteiger partial charge >= 0.3 is 6.01 Å². The van der Waals surface area contributed by atoms with Crippen molar-refractivity contribution < 1.29 is 9.47 Å². The Morgan fingerprint density at radius 3 is 2.63 bits per heavy atom. The molecule has 2 aromatic heterocycles. The average Bonchev–Trinajstić information content (AvgIpc) is 3.23. The van der Waals surface area contributed by atoms with Crippen LogP contribution >= 0.6 is 0 Å². The van der Waals surface area contributed by atoms with Crippen LogP contribution in [0, 0.1) is 0 Å². The van der Waals surface area contributed by atoms with Crippen LogP contribution in [0.2, 0.25) is 0 Å². The second-order valence-electron chi connectivity index (χ2n) is 8.38. The van der Waals surface area contributed by atoms with Crippen molar-refractivity contribution in [1.82, 2.24) is 19.5 Å². The van der Waals surface area contributed by atoms with E-state index in [9.17, 15) is 0 Å². The molecule has 0 N–H and O–H groups in total. The molecule has 0 aliphatic carbocycles. The summed E-state index contributed by atoms with van der Waals surface area (Å²) in [4.78, 5) is 15.9. The number of nitrogens with zero attached hydrogens (tertiary/aromatic N) is 7. The Morgan fingerprint density at radius 1 is 1.03 bits per heavy atom. The number of anilines is 2.